The van der Waals surface area contributed by atoms with Crippen LogP contribution in [0.3, 0.4) is 0 Å². The molecule has 1 aliphatic heterocycles. The third-order valence-corrected chi connectivity index (χ3v) is 5.20. The zero-order valence-electron chi connectivity index (χ0n) is 13.9. The number of benzene rings is 2. The van der Waals surface area contributed by atoms with Crippen molar-refractivity contribution in [3.8, 4) is 5.19 Å². The molecule has 2 aromatic carbocycles. The minimum absolute atomic E-state index is 0.0104. The van der Waals surface area contributed by atoms with E-state index < -0.39 is 17.5 Å². The Morgan fingerprint density at radius 1 is 1.11 bits per heavy atom. The van der Waals surface area contributed by atoms with Gasteiger partial charge < -0.3 is 9.64 Å². The second kappa shape index (κ2) is 7.03. The molecule has 0 radical (unpaired) electrons. The number of aromatic nitrogens is 1. The Morgan fingerprint density at radius 2 is 1.93 bits per heavy atom. The maximum Gasteiger partial charge on any atom is 0.274 e. The molecular formula is C19H13F3N2O2S. The van der Waals surface area contributed by atoms with Crippen LogP contribution in [-0.2, 0) is 13.0 Å². The van der Waals surface area contributed by atoms with Gasteiger partial charge in [0.1, 0.15) is 28.9 Å². The zero-order valence-corrected chi connectivity index (χ0v) is 14.7. The molecule has 1 aromatic heterocycles. The van der Waals surface area contributed by atoms with Gasteiger partial charge in [0.25, 0.3) is 11.1 Å². The summed E-state index contributed by atoms with van der Waals surface area (Å²) in [6, 6.07) is 9.32. The van der Waals surface area contributed by atoms with Crippen LogP contribution < -0.4 is 9.64 Å². The maximum atomic E-state index is 14.0. The number of halogens is 3. The molecule has 0 fully saturated rings. The largest absolute Gasteiger partial charge is 0.465 e. The number of carbonyl (C=O) groups excluding carboxylic acids is 1. The van der Waals surface area contributed by atoms with Gasteiger partial charge in [0, 0.05) is 24.6 Å². The molecule has 2 heterocycles. The molecule has 4 rings (SSSR count). The predicted octanol–water partition coefficient (Wildman–Crippen LogP) is 4.34. The van der Waals surface area contributed by atoms with Gasteiger partial charge >= 0.3 is 0 Å². The molecule has 0 unspecified atom stereocenters. The molecule has 0 N–H and O–H groups in total. The number of anilines is 1. The van der Waals surface area contributed by atoms with Gasteiger partial charge in [0.15, 0.2) is 0 Å². The minimum Gasteiger partial charge on any atom is -0.465 e. The van der Waals surface area contributed by atoms with Crippen molar-refractivity contribution in [3.05, 3.63) is 76.1 Å². The molecule has 0 aliphatic carbocycles. The Kier molecular flexibility index (Phi) is 4.57. The highest BCUT2D eigenvalue weighted by Gasteiger charge is 2.31. The van der Waals surface area contributed by atoms with Gasteiger partial charge in [-0.1, -0.05) is 29.5 Å². The summed E-state index contributed by atoms with van der Waals surface area (Å²) < 4.78 is 46.3. The van der Waals surface area contributed by atoms with Crippen molar-refractivity contribution < 1.29 is 22.7 Å². The Morgan fingerprint density at radius 3 is 2.70 bits per heavy atom. The number of thiazole rings is 1. The molecule has 0 bridgehead atoms. The predicted molar refractivity (Wildman–Crippen MR) is 94.6 cm³/mol. The monoisotopic (exact) mass is 390 g/mol. The Balaban J connectivity index is 1.54. The van der Waals surface area contributed by atoms with Crippen LogP contribution >= 0.6 is 11.3 Å². The Hall–Kier alpha value is -2.87. The highest BCUT2D eigenvalue weighted by Crippen LogP contribution is 2.33. The van der Waals surface area contributed by atoms with Gasteiger partial charge in [-0.05, 0) is 18.2 Å². The van der Waals surface area contributed by atoms with Gasteiger partial charge in [-0.25, -0.2) is 18.2 Å². The van der Waals surface area contributed by atoms with E-state index in [0.717, 1.165) is 23.5 Å². The van der Waals surface area contributed by atoms with E-state index in [9.17, 15) is 18.0 Å². The number of nitrogens with zero attached hydrogens (tertiary/aromatic N) is 2. The molecular weight excluding hydrogens is 377 g/mol. The fraction of sp³-hybridized carbons (Fsp3) is 0.158. The summed E-state index contributed by atoms with van der Waals surface area (Å²) in [5.41, 5.74) is 0.966. The van der Waals surface area contributed by atoms with E-state index in [-0.39, 0.29) is 29.8 Å². The number of hydrogen-bond acceptors (Lipinski definition) is 4. The fourth-order valence-corrected chi connectivity index (χ4v) is 3.77. The van der Waals surface area contributed by atoms with Crippen LogP contribution in [0.2, 0.25) is 0 Å². The number of amides is 1. The number of carbonyl (C=O) groups is 1. The van der Waals surface area contributed by atoms with Crippen molar-refractivity contribution in [1.82, 2.24) is 4.98 Å². The number of hydrogen-bond donors (Lipinski definition) is 0. The van der Waals surface area contributed by atoms with Crippen molar-refractivity contribution in [1.29, 1.82) is 0 Å². The van der Waals surface area contributed by atoms with E-state index in [4.69, 9.17) is 4.74 Å². The highest BCUT2D eigenvalue weighted by molar-refractivity contribution is 7.15. The SMILES string of the molecule is O=C1c2sc(OCc3ccccc3F)nc2CCN1c1ccc(F)cc1F. The third kappa shape index (κ3) is 3.40. The zero-order chi connectivity index (χ0) is 19.0. The fourth-order valence-electron chi connectivity index (χ4n) is 2.86. The van der Waals surface area contributed by atoms with Crippen molar-refractivity contribution in [2.45, 2.75) is 13.0 Å². The molecule has 0 spiro atoms. The van der Waals surface area contributed by atoms with Crippen molar-refractivity contribution in [2.75, 3.05) is 11.4 Å². The molecule has 0 saturated carbocycles. The first-order chi connectivity index (χ1) is 13.0. The van der Waals surface area contributed by atoms with E-state index in [2.05, 4.69) is 4.98 Å². The lowest BCUT2D eigenvalue weighted by atomic mass is 10.1. The topological polar surface area (TPSA) is 42.4 Å². The average Bonchev–Trinajstić information content (AvgIpc) is 3.06. The van der Waals surface area contributed by atoms with Crippen molar-refractivity contribution in [2.24, 2.45) is 0 Å². The van der Waals surface area contributed by atoms with Gasteiger partial charge in [-0.3, -0.25) is 4.79 Å². The number of fused-ring (bicyclic) bond motifs is 1. The molecule has 8 heteroatoms. The summed E-state index contributed by atoms with van der Waals surface area (Å²) in [5, 5.41) is 0.248. The second-order valence-electron chi connectivity index (χ2n) is 5.94. The second-order valence-corrected chi connectivity index (χ2v) is 6.90. The summed E-state index contributed by atoms with van der Waals surface area (Å²) in [5.74, 6) is -2.30. The van der Waals surface area contributed by atoms with E-state index >= 15 is 0 Å². The lowest BCUT2D eigenvalue weighted by molar-refractivity contribution is 0.0983. The lowest BCUT2D eigenvalue weighted by Crippen LogP contribution is -2.37. The van der Waals surface area contributed by atoms with E-state index in [0.29, 0.717) is 22.6 Å². The van der Waals surface area contributed by atoms with E-state index in [1.165, 1.54) is 17.0 Å². The van der Waals surface area contributed by atoms with Crippen LogP contribution in [0.25, 0.3) is 0 Å². The van der Waals surface area contributed by atoms with Crippen LogP contribution in [0.1, 0.15) is 20.9 Å². The molecule has 138 valence electrons. The highest BCUT2D eigenvalue weighted by atomic mass is 32.1. The molecule has 0 atom stereocenters. The summed E-state index contributed by atoms with van der Waals surface area (Å²) >= 11 is 1.03. The first kappa shape index (κ1) is 17.5. The first-order valence-electron chi connectivity index (χ1n) is 8.16. The molecule has 4 nitrogen and oxygen atoms in total. The van der Waals surface area contributed by atoms with E-state index in [1.807, 2.05) is 0 Å². The van der Waals surface area contributed by atoms with Crippen LogP contribution in [0.15, 0.2) is 42.5 Å². The maximum absolute atomic E-state index is 14.0. The average molecular weight is 390 g/mol. The summed E-state index contributed by atoms with van der Waals surface area (Å²) in [4.78, 5) is 18.6. The van der Waals surface area contributed by atoms with Crippen LogP contribution in [0.4, 0.5) is 18.9 Å². The third-order valence-electron chi connectivity index (χ3n) is 4.20. The lowest BCUT2D eigenvalue weighted by Gasteiger charge is -2.26. The molecule has 3 aromatic rings. The van der Waals surface area contributed by atoms with Gasteiger partial charge in [0.2, 0.25) is 0 Å². The molecule has 27 heavy (non-hydrogen) atoms. The normalized spacial score (nSPS) is 13.6. The van der Waals surface area contributed by atoms with Crippen molar-refractivity contribution in [3.63, 3.8) is 0 Å². The minimum atomic E-state index is -0.799. The van der Waals surface area contributed by atoms with Gasteiger partial charge in [0.05, 0.1) is 11.4 Å². The number of rotatable bonds is 4. The van der Waals surface area contributed by atoms with Crippen LogP contribution in [0.5, 0.6) is 5.19 Å². The summed E-state index contributed by atoms with van der Waals surface area (Å²) in [6.45, 7) is 0.217. The van der Waals surface area contributed by atoms with E-state index in [1.54, 1.807) is 18.2 Å². The van der Waals surface area contributed by atoms with Gasteiger partial charge in [-0.15, -0.1) is 0 Å². The summed E-state index contributed by atoms with van der Waals surface area (Å²) in [6.07, 6.45) is 0.414. The molecule has 0 saturated heterocycles. The first-order valence-corrected chi connectivity index (χ1v) is 8.97. The smallest absolute Gasteiger partial charge is 0.274 e. The van der Waals surface area contributed by atoms with Crippen molar-refractivity contribution >= 4 is 22.9 Å². The number of ether oxygens (including phenoxy) is 1. The van der Waals surface area contributed by atoms with Crippen LogP contribution in [0, 0.1) is 17.5 Å². The molecule has 1 aliphatic rings. The Bertz CT molecular complexity index is 1020. The molecule has 1 amide bonds. The summed E-state index contributed by atoms with van der Waals surface area (Å²) in [7, 11) is 0. The van der Waals surface area contributed by atoms with Gasteiger partial charge in [-0.2, -0.15) is 0 Å². The van der Waals surface area contributed by atoms with Crippen LogP contribution in [-0.4, -0.2) is 17.4 Å². The quantitative estimate of drug-likeness (QED) is 0.666. The Labute approximate surface area is 156 Å². The standard InChI is InChI=1S/C19H13F3N2O2S/c20-12-5-6-16(14(22)9-12)24-8-7-15-17(18(24)25)27-19(23-15)26-10-11-3-1-2-4-13(11)21/h1-6,9H,7-8,10H2.